The molecule has 0 aliphatic heterocycles. The Balaban J connectivity index is 2.53. The van der Waals surface area contributed by atoms with Crippen LogP contribution in [0.2, 0.25) is 10.0 Å². The molecule has 192 valence electrons. The van der Waals surface area contributed by atoms with E-state index in [1.165, 1.54) is 32.2 Å². The van der Waals surface area contributed by atoms with Crippen LogP contribution in [-0.4, -0.2) is 65.2 Å². The Kier molecular flexibility index (Phi) is 10.1. The lowest BCUT2D eigenvalue weighted by Gasteiger charge is -2.33. The Morgan fingerprint density at radius 3 is 2.26 bits per heavy atom. The summed E-state index contributed by atoms with van der Waals surface area (Å²) >= 11 is 12.1. The number of hydrogen-bond donors (Lipinski definition) is 1. The van der Waals surface area contributed by atoms with Gasteiger partial charge in [-0.25, -0.2) is 8.42 Å². The minimum absolute atomic E-state index is 0.00843. The lowest BCUT2D eigenvalue weighted by Crippen LogP contribution is -2.51. The highest BCUT2D eigenvalue weighted by Gasteiger charge is 2.32. The standard InChI is InChI=1S/C23H29Cl2N3O6S/c1-6-19(23(30)26-2)27(13-15-7-9-17(24)18(25)11-15)22(29)14-28(35(5,31)32)20-12-16(33-3)8-10-21(20)34-4/h7-12,19H,6,13-14H2,1-5H3,(H,26,30)/t19-/m0/s1. The molecule has 0 saturated carbocycles. The summed E-state index contributed by atoms with van der Waals surface area (Å²) in [5, 5.41) is 3.20. The maximum absolute atomic E-state index is 13.6. The van der Waals surface area contributed by atoms with E-state index in [2.05, 4.69) is 5.32 Å². The van der Waals surface area contributed by atoms with Crippen LogP contribution < -0.4 is 19.1 Å². The van der Waals surface area contributed by atoms with Gasteiger partial charge in [-0.05, 0) is 36.2 Å². The predicted molar refractivity (Wildman–Crippen MR) is 137 cm³/mol. The zero-order valence-corrected chi connectivity index (χ0v) is 22.5. The molecule has 2 rings (SSSR count). The lowest BCUT2D eigenvalue weighted by molar-refractivity contribution is -0.140. The third kappa shape index (κ3) is 7.16. The molecule has 0 radical (unpaired) electrons. The minimum Gasteiger partial charge on any atom is -0.497 e. The van der Waals surface area contributed by atoms with Gasteiger partial charge in [0.15, 0.2) is 0 Å². The maximum atomic E-state index is 13.6. The first kappa shape index (κ1) is 28.5. The molecule has 0 aliphatic rings. The normalized spacial score (nSPS) is 12.0. The van der Waals surface area contributed by atoms with Crippen molar-refractivity contribution in [3.05, 3.63) is 52.0 Å². The molecule has 0 aliphatic carbocycles. The summed E-state index contributed by atoms with van der Waals surface area (Å²) < 4.78 is 37.0. The van der Waals surface area contributed by atoms with Gasteiger partial charge in [0.1, 0.15) is 24.1 Å². The van der Waals surface area contributed by atoms with Crippen molar-refractivity contribution in [2.45, 2.75) is 25.9 Å². The largest absolute Gasteiger partial charge is 0.497 e. The number of amides is 2. The van der Waals surface area contributed by atoms with Gasteiger partial charge in [-0.15, -0.1) is 0 Å². The molecular weight excluding hydrogens is 517 g/mol. The van der Waals surface area contributed by atoms with E-state index in [1.54, 1.807) is 37.3 Å². The number of halogens is 2. The van der Waals surface area contributed by atoms with Gasteiger partial charge >= 0.3 is 0 Å². The summed E-state index contributed by atoms with van der Waals surface area (Å²) in [6.07, 6.45) is 1.28. The average Bonchev–Trinajstić information content (AvgIpc) is 2.82. The van der Waals surface area contributed by atoms with E-state index in [9.17, 15) is 18.0 Å². The summed E-state index contributed by atoms with van der Waals surface area (Å²) in [6.45, 7) is 1.19. The van der Waals surface area contributed by atoms with E-state index in [4.69, 9.17) is 32.7 Å². The number of sulfonamides is 1. The quantitative estimate of drug-likeness (QED) is 0.464. The molecule has 0 aromatic heterocycles. The number of carbonyl (C=O) groups is 2. The number of rotatable bonds is 11. The highest BCUT2D eigenvalue weighted by Crippen LogP contribution is 2.34. The average molecular weight is 546 g/mol. The van der Waals surface area contributed by atoms with Gasteiger partial charge in [0.25, 0.3) is 0 Å². The molecule has 35 heavy (non-hydrogen) atoms. The van der Waals surface area contributed by atoms with Crippen LogP contribution in [0.4, 0.5) is 5.69 Å². The van der Waals surface area contributed by atoms with Crippen molar-refractivity contribution < 1.29 is 27.5 Å². The Hall–Kier alpha value is -2.69. The summed E-state index contributed by atoms with van der Waals surface area (Å²) in [7, 11) is 0.365. The van der Waals surface area contributed by atoms with Crippen molar-refractivity contribution in [3.8, 4) is 11.5 Å². The summed E-state index contributed by atoms with van der Waals surface area (Å²) in [6, 6.07) is 8.64. The molecule has 9 nitrogen and oxygen atoms in total. The molecule has 1 atom stereocenters. The van der Waals surface area contributed by atoms with E-state index < -0.39 is 28.5 Å². The first-order valence-electron chi connectivity index (χ1n) is 10.6. The van der Waals surface area contributed by atoms with Crippen LogP contribution in [0.5, 0.6) is 11.5 Å². The molecular formula is C23H29Cl2N3O6S. The third-order valence-corrected chi connectivity index (χ3v) is 7.17. The van der Waals surface area contributed by atoms with Gasteiger partial charge in [-0.1, -0.05) is 36.2 Å². The topological polar surface area (TPSA) is 105 Å². The second-order valence-corrected chi connectivity index (χ2v) is 10.3. The van der Waals surface area contributed by atoms with E-state index in [0.717, 1.165) is 10.6 Å². The zero-order chi connectivity index (χ0) is 26.3. The number of likely N-dealkylation sites (N-methyl/N-ethyl adjacent to an activating group) is 1. The number of hydrogen-bond acceptors (Lipinski definition) is 6. The van der Waals surface area contributed by atoms with Crippen molar-refractivity contribution in [1.82, 2.24) is 10.2 Å². The van der Waals surface area contributed by atoms with Crippen LogP contribution >= 0.6 is 23.2 Å². The van der Waals surface area contributed by atoms with Gasteiger partial charge < -0.3 is 19.7 Å². The fourth-order valence-electron chi connectivity index (χ4n) is 3.51. The molecule has 2 aromatic carbocycles. The molecule has 0 fully saturated rings. The van der Waals surface area contributed by atoms with Gasteiger partial charge in [0.05, 0.1) is 36.2 Å². The second kappa shape index (κ2) is 12.3. The number of methoxy groups -OCH3 is 2. The number of nitrogens with one attached hydrogen (secondary N) is 1. The number of ether oxygens (including phenoxy) is 2. The molecule has 0 unspecified atom stereocenters. The van der Waals surface area contributed by atoms with E-state index >= 15 is 0 Å². The predicted octanol–water partition coefficient (Wildman–Crippen LogP) is 3.33. The molecule has 0 heterocycles. The number of anilines is 1. The maximum Gasteiger partial charge on any atom is 0.244 e. The molecule has 2 amide bonds. The van der Waals surface area contributed by atoms with Crippen LogP contribution in [0.15, 0.2) is 36.4 Å². The molecule has 0 saturated heterocycles. The van der Waals surface area contributed by atoms with Crippen molar-refractivity contribution >= 4 is 50.7 Å². The number of carbonyl (C=O) groups excluding carboxylic acids is 2. The summed E-state index contributed by atoms with van der Waals surface area (Å²) in [5.41, 5.74) is 0.755. The second-order valence-electron chi connectivity index (χ2n) is 7.62. The smallest absolute Gasteiger partial charge is 0.244 e. The highest BCUT2D eigenvalue weighted by molar-refractivity contribution is 7.92. The van der Waals surface area contributed by atoms with Crippen molar-refractivity contribution in [2.24, 2.45) is 0 Å². The van der Waals surface area contributed by atoms with Crippen LogP contribution in [-0.2, 0) is 26.2 Å². The van der Waals surface area contributed by atoms with Gasteiger partial charge in [0, 0.05) is 19.7 Å². The SMILES string of the molecule is CC[C@@H](C(=O)NC)N(Cc1ccc(Cl)c(Cl)c1)C(=O)CN(c1cc(OC)ccc1OC)S(C)(=O)=O. The minimum atomic E-state index is -3.94. The zero-order valence-electron chi connectivity index (χ0n) is 20.2. The van der Waals surface area contributed by atoms with Crippen molar-refractivity contribution in [3.63, 3.8) is 0 Å². The Morgan fingerprint density at radius 1 is 1.06 bits per heavy atom. The van der Waals surface area contributed by atoms with E-state index in [1.807, 2.05) is 0 Å². The summed E-state index contributed by atoms with van der Waals surface area (Å²) in [4.78, 5) is 27.6. The van der Waals surface area contributed by atoms with E-state index in [0.29, 0.717) is 27.8 Å². The van der Waals surface area contributed by atoms with Gasteiger partial charge in [0.2, 0.25) is 21.8 Å². The van der Waals surface area contributed by atoms with Crippen LogP contribution in [0.3, 0.4) is 0 Å². The fourth-order valence-corrected chi connectivity index (χ4v) is 4.67. The molecule has 1 N–H and O–H groups in total. The van der Waals surface area contributed by atoms with Crippen LogP contribution in [0.1, 0.15) is 18.9 Å². The molecule has 0 bridgehead atoms. The lowest BCUT2D eigenvalue weighted by atomic mass is 10.1. The number of benzene rings is 2. The van der Waals surface area contributed by atoms with Gasteiger partial charge in [-0.3, -0.25) is 13.9 Å². The summed E-state index contributed by atoms with van der Waals surface area (Å²) in [5.74, 6) is -0.364. The molecule has 2 aromatic rings. The first-order chi connectivity index (χ1) is 16.5. The van der Waals surface area contributed by atoms with Crippen molar-refractivity contribution in [1.29, 1.82) is 0 Å². The fraction of sp³-hybridized carbons (Fsp3) is 0.391. The Labute approximate surface area is 215 Å². The Morgan fingerprint density at radius 2 is 1.74 bits per heavy atom. The Bertz CT molecular complexity index is 1180. The third-order valence-electron chi connectivity index (χ3n) is 5.30. The van der Waals surface area contributed by atoms with Crippen molar-refractivity contribution in [2.75, 3.05) is 38.4 Å². The monoisotopic (exact) mass is 545 g/mol. The number of nitrogens with zero attached hydrogens (tertiary/aromatic N) is 2. The molecule has 0 spiro atoms. The van der Waals surface area contributed by atoms with Gasteiger partial charge in [-0.2, -0.15) is 0 Å². The van der Waals surface area contributed by atoms with Crippen LogP contribution in [0.25, 0.3) is 0 Å². The van der Waals surface area contributed by atoms with E-state index in [-0.39, 0.29) is 23.9 Å². The highest BCUT2D eigenvalue weighted by atomic mass is 35.5. The molecule has 12 heteroatoms. The van der Waals surface area contributed by atoms with Crippen LogP contribution in [0, 0.1) is 0 Å². The first-order valence-corrected chi connectivity index (χ1v) is 13.2.